The SMILES string of the molecule is O=C(CN1CCCCC1)c1ccc2c(c1)C(=O)c1cccc(C(=O)CN3CCCCC3)c1-2. The van der Waals surface area contributed by atoms with Crippen molar-refractivity contribution in [1.29, 1.82) is 0 Å². The fourth-order valence-electron chi connectivity index (χ4n) is 5.35. The predicted molar refractivity (Wildman–Crippen MR) is 125 cm³/mol. The maximum atomic E-state index is 13.2. The van der Waals surface area contributed by atoms with Gasteiger partial charge < -0.3 is 0 Å². The Kier molecular flexibility index (Phi) is 6.03. The van der Waals surface area contributed by atoms with Gasteiger partial charge in [-0.05, 0) is 63.5 Å². The first-order chi connectivity index (χ1) is 15.6. The van der Waals surface area contributed by atoms with Crippen molar-refractivity contribution in [3.05, 3.63) is 58.7 Å². The molecule has 166 valence electrons. The molecule has 2 fully saturated rings. The molecule has 0 aromatic heterocycles. The van der Waals surface area contributed by atoms with E-state index in [4.69, 9.17) is 0 Å². The molecule has 5 nitrogen and oxygen atoms in total. The molecular weight excluding hydrogens is 400 g/mol. The van der Waals surface area contributed by atoms with Crippen LogP contribution < -0.4 is 0 Å². The Morgan fingerprint density at radius 1 is 0.688 bits per heavy atom. The minimum Gasteiger partial charge on any atom is -0.296 e. The van der Waals surface area contributed by atoms with Crippen LogP contribution in [0.5, 0.6) is 0 Å². The van der Waals surface area contributed by atoms with Gasteiger partial charge >= 0.3 is 0 Å². The van der Waals surface area contributed by atoms with Gasteiger partial charge in [0.25, 0.3) is 0 Å². The zero-order valence-corrected chi connectivity index (χ0v) is 18.6. The lowest BCUT2D eigenvalue weighted by Crippen LogP contribution is -2.34. The summed E-state index contributed by atoms with van der Waals surface area (Å²) in [5.41, 5.74) is 3.84. The number of nitrogens with zero attached hydrogens (tertiary/aromatic N) is 2. The van der Waals surface area contributed by atoms with Crippen LogP contribution in [0.1, 0.15) is 75.2 Å². The van der Waals surface area contributed by atoms with Gasteiger partial charge in [0.15, 0.2) is 17.3 Å². The molecule has 2 aromatic rings. The van der Waals surface area contributed by atoms with Crippen molar-refractivity contribution in [2.75, 3.05) is 39.3 Å². The average Bonchev–Trinajstić information content (AvgIpc) is 3.12. The number of likely N-dealkylation sites (tertiary alicyclic amines) is 2. The van der Waals surface area contributed by atoms with Crippen molar-refractivity contribution in [3.63, 3.8) is 0 Å². The topological polar surface area (TPSA) is 57.7 Å². The summed E-state index contributed by atoms with van der Waals surface area (Å²) in [6.07, 6.45) is 7.01. The van der Waals surface area contributed by atoms with Crippen LogP contribution in [0.3, 0.4) is 0 Å². The van der Waals surface area contributed by atoms with Crippen LogP contribution in [0, 0.1) is 0 Å². The second kappa shape index (κ2) is 9.08. The lowest BCUT2D eigenvalue weighted by Gasteiger charge is -2.26. The van der Waals surface area contributed by atoms with E-state index in [0.717, 1.165) is 63.0 Å². The summed E-state index contributed by atoms with van der Waals surface area (Å²) in [5.74, 6) is 0.0322. The predicted octanol–water partition coefficient (Wildman–Crippen LogP) is 4.24. The van der Waals surface area contributed by atoms with E-state index in [1.54, 1.807) is 18.2 Å². The third-order valence-electron chi connectivity index (χ3n) is 7.10. The fourth-order valence-corrected chi connectivity index (χ4v) is 5.35. The monoisotopic (exact) mass is 430 g/mol. The molecule has 0 unspecified atom stereocenters. The van der Waals surface area contributed by atoms with E-state index in [1.165, 1.54) is 12.8 Å². The maximum absolute atomic E-state index is 13.2. The minimum absolute atomic E-state index is 0.0554. The van der Waals surface area contributed by atoms with E-state index in [2.05, 4.69) is 9.80 Å². The summed E-state index contributed by atoms with van der Waals surface area (Å²) >= 11 is 0. The number of benzene rings is 2. The number of carbonyl (C=O) groups excluding carboxylic acids is 3. The van der Waals surface area contributed by atoms with Crippen molar-refractivity contribution in [1.82, 2.24) is 9.80 Å². The Morgan fingerprint density at radius 3 is 1.97 bits per heavy atom. The molecule has 5 rings (SSSR count). The van der Waals surface area contributed by atoms with Crippen LogP contribution >= 0.6 is 0 Å². The molecule has 2 aromatic carbocycles. The first kappa shape index (κ1) is 21.2. The van der Waals surface area contributed by atoms with Crippen molar-refractivity contribution >= 4 is 17.3 Å². The van der Waals surface area contributed by atoms with Gasteiger partial charge in [0, 0.05) is 27.8 Å². The third-order valence-corrected chi connectivity index (χ3v) is 7.10. The highest BCUT2D eigenvalue weighted by Gasteiger charge is 2.31. The van der Waals surface area contributed by atoms with Crippen LogP contribution in [-0.2, 0) is 0 Å². The van der Waals surface area contributed by atoms with Gasteiger partial charge in [-0.3, -0.25) is 24.2 Å². The van der Waals surface area contributed by atoms with E-state index in [-0.39, 0.29) is 17.3 Å². The molecule has 2 saturated heterocycles. The normalized spacial score (nSPS) is 18.9. The standard InChI is InChI=1S/C27H30N2O3/c30-24(17-28-12-3-1-4-13-28)19-10-11-20-23(16-19)27(32)22-9-7-8-21(26(20)22)25(31)18-29-14-5-2-6-15-29/h7-11,16H,1-6,12-15,17-18H2. The van der Waals surface area contributed by atoms with Crippen LogP contribution in [0.4, 0.5) is 0 Å². The zero-order chi connectivity index (χ0) is 22.1. The Bertz CT molecular complexity index is 1060. The lowest BCUT2D eigenvalue weighted by atomic mass is 9.95. The van der Waals surface area contributed by atoms with E-state index in [0.29, 0.717) is 35.3 Å². The molecule has 5 heteroatoms. The summed E-state index contributed by atoms with van der Waals surface area (Å²) in [4.78, 5) is 43.6. The molecule has 0 amide bonds. The molecular formula is C27H30N2O3. The first-order valence-corrected chi connectivity index (χ1v) is 11.9. The molecule has 2 heterocycles. The molecule has 32 heavy (non-hydrogen) atoms. The molecule has 0 atom stereocenters. The Labute approximate surface area is 189 Å². The summed E-state index contributed by atoms with van der Waals surface area (Å²) in [5, 5.41) is 0. The lowest BCUT2D eigenvalue weighted by molar-refractivity contribution is 0.0908. The number of rotatable bonds is 6. The van der Waals surface area contributed by atoms with Gasteiger partial charge in [-0.25, -0.2) is 0 Å². The molecule has 0 spiro atoms. The summed E-state index contributed by atoms with van der Waals surface area (Å²) in [7, 11) is 0. The Balaban J connectivity index is 1.41. The van der Waals surface area contributed by atoms with Crippen molar-refractivity contribution in [2.24, 2.45) is 0 Å². The smallest absolute Gasteiger partial charge is 0.194 e. The number of Topliss-reactive ketones (excluding diaryl/α,β-unsaturated/α-hetero) is 2. The number of carbonyl (C=O) groups is 3. The third kappa shape index (κ3) is 4.07. The zero-order valence-electron chi connectivity index (χ0n) is 18.6. The van der Waals surface area contributed by atoms with E-state index in [1.807, 2.05) is 18.2 Å². The summed E-state index contributed by atoms with van der Waals surface area (Å²) < 4.78 is 0. The largest absolute Gasteiger partial charge is 0.296 e. The van der Waals surface area contributed by atoms with Crippen molar-refractivity contribution < 1.29 is 14.4 Å². The molecule has 1 aliphatic carbocycles. The highest BCUT2D eigenvalue weighted by atomic mass is 16.1. The molecule has 0 bridgehead atoms. The number of hydrogen-bond donors (Lipinski definition) is 0. The van der Waals surface area contributed by atoms with Crippen LogP contribution in [0.2, 0.25) is 0 Å². The highest BCUT2D eigenvalue weighted by molar-refractivity contribution is 6.25. The van der Waals surface area contributed by atoms with Gasteiger partial charge in [0.1, 0.15) is 0 Å². The maximum Gasteiger partial charge on any atom is 0.194 e. The number of piperidine rings is 2. The molecule has 0 radical (unpaired) electrons. The Hall–Kier alpha value is -2.63. The van der Waals surface area contributed by atoms with Crippen LogP contribution in [0.25, 0.3) is 11.1 Å². The number of ketones is 3. The minimum atomic E-state index is -0.0877. The fraction of sp³-hybridized carbons (Fsp3) is 0.444. The van der Waals surface area contributed by atoms with E-state index >= 15 is 0 Å². The van der Waals surface area contributed by atoms with Crippen LogP contribution in [-0.4, -0.2) is 66.4 Å². The molecule has 2 aliphatic heterocycles. The van der Waals surface area contributed by atoms with Gasteiger partial charge in [-0.1, -0.05) is 43.2 Å². The van der Waals surface area contributed by atoms with Gasteiger partial charge in [0.2, 0.25) is 0 Å². The van der Waals surface area contributed by atoms with Crippen LogP contribution in [0.15, 0.2) is 36.4 Å². The van der Waals surface area contributed by atoms with Gasteiger partial charge in [-0.15, -0.1) is 0 Å². The summed E-state index contributed by atoms with van der Waals surface area (Å²) in [6, 6.07) is 10.9. The average molecular weight is 431 g/mol. The number of fused-ring (bicyclic) bond motifs is 3. The number of hydrogen-bond acceptors (Lipinski definition) is 5. The quantitative estimate of drug-likeness (QED) is 0.548. The van der Waals surface area contributed by atoms with Gasteiger partial charge in [-0.2, -0.15) is 0 Å². The summed E-state index contributed by atoms with van der Waals surface area (Å²) in [6.45, 7) is 4.64. The van der Waals surface area contributed by atoms with E-state index < -0.39 is 0 Å². The van der Waals surface area contributed by atoms with E-state index in [9.17, 15) is 14.4 Å². The second-order valence-corrected chi connectivity index (χ2v) is 9.34. The highest BCUT2D eigenvalue weighted by Crippen LogP contribution is 2.39. The second-order valence-electron chi connectivity index (χ2n) is 9.34. The first-order valence-electron chi connectivity index (χ1n) is 11.9. The molecule has 3 aliphatic rings. The molecule has 0 N–H and O–H groups in total. The molecule has 0 saturated carbocycles. The Morgan fingerprint density at radius 2 is 1.31 bits per heavy atom. The van der Waals surface area contributed by atoms with Crippen molar-refractivity contribution in [3.8, 4) is 11.1 Å². The van der Waals surface area contributed by atoms with Gasteiger partial charge in [0.05, 0.1) is 13.1 Å². The van der Waals surface area contributed by atoms with Crippen molar-refractivity contribution in [2.45, 2.75) is 38.5 Å².